The van der Waals surface area contributed by atoms with Crippen LogP contribution in [0.3, 0.4) is 0 Å². The molecule has 4 rings (SSSR count). The Balaban J connectivity index is 1.89. The van der Waals surface area contributed by atoms with Crippen molar-refractivity contribution in [3.8, 4) is 46.0 Å². The van der Waals surface area contributed by atoms with Gasteiger partial charge in [-0.2, -0.15) is 0 Å². The Morgan fingerprint density at radius 2 is 0.320 bits per heavy atom. The molecule has 16 heteroatoms. The number of benzene rings is 4. The maximum atomic E-state index is 15.5. The molecule has 0 bridgehead atoms. The Labute approximate surface area is 781 Å². The second-order valence-electron chi connectivity index (χ2n) is 36.3. The summed E-state index contributed by atoms with van der Waals surface area (Å²) in [6.45, 7) is 20.2. The molecule has 0 aliphatic heterocycles. The molecule has 0 aromatic heterocycles. The van der Waals surface area contributed by atoms with Crippen molar-refractivity contribution in [1.82, 2.24) is 0 Å². The van der Waals surface area contributed by atoms with Crippen molar-refractivity contribution in [2.75, 3.05) is 66.1 Å². The van der Waals surface area contributed by atoms with Crippen LogP contribution in [0.25, 0.3) is 0 Å². The van der Waals surface area contributed by atoms with Crippen LogP contribution in [0.15, 0.2) is 72.8 Å². The molecular weight excluding hydrogens is 1600 g/mol. The minimum Gasteiger partial charge on any atom is -0.490 e. The van der Waals surface area contributed by atoms with Crippen LogP contribution in [-0.4, -0.2) is 102 Å². The maximum absolute atomic E-state index is 15.5. The first-order chi connectivity index (χ1) is 63.0. The Bertz CT molecular complexity index is 3100. The van der Waals surface area contributed by atoms with Gasteiger partial charge in [-0.15, -0.1) is 0 Å². The van der Waals surface area contributed by atoms with Gasteiger partial charge in [0.15, 0.2) is 58.2 Å². The fourth-order valence-electron chi connectivity index (χ4n) is 16.1. The van der Waals surface area contributed by atoms with Gasteiger partial charge in [0.1, 0.15) is 13.2 Å². The van der Waals surface area contributed by atoms with Crippen LogP contribution in [0.4, 0.5) is 0 Å². The molecule has 0 aliphatic carbocycles. The highest BCUT2D eigenvalue weighted by Gasteiger charge is 2.35. The van der Waals surface area contributed by atoms with Crippen LogP contribution in [-0.2, 0) is 18.9 Å². The molecule has 730 valence electrons. The van der Waals surface area contributed by atoms with Crippen LogP contribution < -0.4 is 37.9 Å². The van der Waals surface area contributed by atoms with E-state index in [0.717, 1.165) is 154 Å². The first-order valence-corrected chi connectivity index (χ1v) is 53.4. The van der Waals surface area contributed by atoms with Gasteiger partial charge in [0.2, 0.25) is 0 Å². The highest BCUT2D eigenvalue weighted by atomic mass is 16.6. The lowest BCUT2D eigenvalue weighted by Crippen LogP contribution is -2.42. The third-order valence-corrected chi connectivity index (χ3v) is 24.5. The molecule has 0 amide bonds. The monoisotopic (exact) mass is 1790 g/mol. The van der Waals surface area contributed by atoms with E-state index in [9.17, 15) is 0 Å². The summed E-state index contributed by atoms with van der Waals surface area (Å²) in [7, 11) is 0. The molecule has 0 N–H and O–H groups in total. The first kappa shape index (κ1) is 113. The second kappa shape index (κ2) is 81.0. The fourth-order valence-corrected chi connectivity index (χ4v) is 16.1. The third kappa shape index (κ3) is 56.8. The summed E-state index contributed by atoms with van der Waals surface area (Å²) in [5.74, 6) is 0.502. The van der Waals surface area contributed by atoms with Crippen molar-refractivity contribution in [3.05, 3.63) is 95.1 Å². The van der Waals surface area contributed by atoms with E-state index in [1.54, 1.807) is 72.8 Å². The summed E-state index contributed by atoms with van der Waals surface area (Å²) in [5, 5.41) is 0. The number of carbonyl (C=O) groups is 4. The van der Waals surface area contributed by atoms with Crippen LogP contribution in [0.1, 0.15) is 508 Å². The van der Waals surface area contributed by atoms with Gasteiger partial charge in [-0.25, -0.2) is 19.2 Å². The topological polar surface area (TPSA) is 179 Å². The number of unbranched alkanes of at least 4 members (excludes halogenated alkanes) is 56. The van der Waals surface area contributed by atoms with Crippen LogP contribution in [0.5, 0.6) is 46.0 Å². The van der Waals surface area contributed by atoms with Gasteiger partial charge in [0, 0.05) is 0 Å². The lowest BCUT2D eigenvalue weighted by molar-refractivity contribution is -0.0753. The van der Waals surface area contributed by atoms with Crippen molar-refractivity contribution in [1.29, 1.82) is 0 Å². The molecule has 4 aromatic rings. The number of esters is 4. The minimum absolute atomic E-state index is 0.111. The number of hydrogen-bond acceptors (Lipinski definition) is 16. The molecule has 128 heavy (non-hydrogen) atoms. The summed E-state index contributed by atoms with van der Waals surface area (Å²) in [5.41, 5.74) is 0.548. The largest absolute Gasteiger partial charge is 0.490 e. The highest BCUT2D eigenvalue weighted by molar-refractivity contribution is 5.93. The van der Waals surface area contributed by atoms with E-state index in [2.05, 4.69) is 55.4 Å². The van der Waals surface area contributed by atoms with Crippen LogP contribution in [0, 0.1) is 0 Å². The van der Waals surface area contributed by atoms with Gasteiger partial charge in [-0.3, -0.25) is 0 Å². The van der Waals surface area contributed by atoms with Crippen molar-refractivity contribution in [3.63, 3.8) is 0 Å². The van der Waals surface area contributed by atoms with Gasteiger partial charge in [-0.05, 0) is 124 Å². The average Bonchev–Trinajstić information content (AvgIpc) is 0.843. The second-order valence-corrected chi connectivity index (χ2v) is 36.3. The van der Waals surface area contributed by atoms with Gasteiger partial charge in [0.05, 0.1) is 75.1 Å². The van der Waals surface area contributed by atoms with Crippen molar-refractivity contribution >= 4 is 23.9 Å². The molecule has 0 aliphatic rings. The zero-order valence-corrected chi connectivity index (χ0v) is 82.9. The number of rotatable bonds is 91. The van der Waals surface area contributed by atoms with E-state index in [0.29, 0.717) is 98.9 Å². The Hall–Kier alpha value is -6.84. The lowest BCUT2D eigenvalue weighted by atomic mass is 10.1. The predicted molar refractivity (Wildman–Crippen MR) is 530 cm³/mol. The Kier molecular flexibility index (Phi) is 71.8. The summed E-state index contributed by atoms with van der Waals surface area (Å²) >= 11 is 0. The molecular formula is C112H186O16. The van der Waals surface area contributed by atoms with Gasteiger partial charge in [-0.1, -0.05) is 415 Å². The summed E-state index contributed by atoms with van der Waals surface area (Å²) < 4.78 is 78.1. The molecule has 0 saturated carbocycles. The minimum atomic E-state index is -1.60. The standard InChI is InChI=1S/C112H186O16/c1-9-17-25-33-41-49-57-65-81-117-99-77-73-95(89-103(99)121-85-69-61-53-45-37-29-21-13-5)109(113)125-93-107(127-111(115)97-75-79-101(119-83-67-59-51-43-35-27-19-11-3)105(91-97)123-87-71-63-55-47-39-31-23-15-7)108(128-112(116)98-76-80-102(120-84-68-60-52-44-36-28-20-12-4)106(92-98)124-88-72-64-56-48-40-32-24-16-8)94-126-110(114)96-74-78-100(118-82-66-58-50-42-34-26-18-10-2)104(90-96)122-86-70-62-54-46-38-30-22-14-6/h73-80,89-92,107-108H,9-72,81-88,93-94H2,1-8H3/t107-,108-/m1/s1. The molecule has 0 heterocycles. The van der Waals surface area contributed by atoms with Crippen LogP contribution in [0.2, 0.25) is 0 Å². The van der Waals surface area contributed by atoms with E-state index in [1.165, 1.54) is 257 Å². The SMILES string of the molecule is CCCCCCCCCCOc1ccc(C(=O)OC[C@@H](OC(=O)c2ccc(OCCCCCCCCCC)c(OCCCCCCCCCC)c2)[C@@H](COC(=O)c2ccc(OCCCCCCCCCC)c(OCCCCCCCCCC)c2)OC(=O)c2ccc(OCCCCCCCCCC)c(OCCCCCCCCCC)c2)cc1OCCCCCCCCCC. The molecule has 0 radical (unpaired) electrons. The first-order valence-electron chi connectivity index (χ1n) is 53.4. The van der Waals surface area contributed by atoms with E-state index in [1.807, 2.05) is 0 Å². The fraction of sp³-hybridized carbons (Fsp3) is 0.750. The molecule has 4 aromatic carbocycles. The number of hydrogen-bond donors (Lipinski definition) is 0. The smallest absolute Gasteiger partial charge is 0.338 e. The van der Waals surface area contributed by atoms with Crippen molar-refractivity contribution in [2.45, 2.75) is 479 Å². The van der Waals surface area contributed by atoms with Crippen molar-refractivity contribution in [2.24, 2.45) is 0 Å². The van der Waals surface area contributed by atoms with Crippen molar-refractivity contribution < 1.29 is 76.0 Å². The van der Waals surface area contributed by atoms with E-state index in [4.69, 9.17) is 56.8 Å². The molecule has 16 nitrogen and oxygen atoms in total. The summed E-state index contributed by atoms with van der Waals surface area (Å²) in [6.07, 6.45) is 69.8. The number of carbonyl (C=O) groups excluding carboxylic acids is 4. The van der Waals surface area contributed by atoms with E-state index < -0.39 is 49.3 Å². The van der Waals surface area contributed by atoms with Gasteiger partial charge < -0.3 is 56.8 Å². The van der Waals surface area contributed by atoms with E-state index >= 15 is 19.2 Å². The number of ether oxygens (including phenoxy) is 12. The summed E-state index contributed by atoms with van der Waals surface area (Å²) in [4.78, 5) is 61.0. The molecule has 0 fully saturated rings. The zero-order valence-electron chi connectivity index (χ0n) is 82.9. The average molecular weight is 1790 g/mol. The molecule has 2 atom stereocenters. The Morgan fingerprint density at radius 1 is 0.180 bits per heavy atom. The molecule has 0 unspecified atom stereocenters. The highest BCUT2D eigenvalue weighted by Crippen LogP contribution is 2.36. The predicted octanol–water partition coefficient (Wildman–Crippen LogP) is 33.3. The van der Waals surface area contributed by atoms with Crippen LogP contribution >= 0.6 is 0 Å². The van der Waals surface area contributed by atoms with Gasteiger partial charge >= 0.3 is 23.9 Å². The zero-order chi connectivity index (χ0) is 91.7. The van der Waals surface area contributed by atoms with E-state index in [-0.39, 0.29) is 22.3 Å². The maximum Gasteiger partial charge on any atom is 0.338 e. The Morgan fingerprint density at radius 3 is 0.484 bits per heavy atom. The quantitative estimate of drug-likeness (QED) is 0.0231. The molecule has 0 spiro atoms. The third-order valence-electron chi connectivity index (χ3n) is 24.5. The normalized spacial score (nSPS) is 11.8. The summed E-state index contributed by atoms with van der Waals surface area (Å²) in [6, 6.07) is 20.2. The lowest BCUT2D eigenvalue weighted by Gasteiger charge is -2.27. The van der Waals surface area contributed by atoms with Gasteiger partial charge in [0.25, 0.3) is 0 Å². The molecule has 0 saturated heterocycles.